The summed E-state index contributed by atoms with van der Waals surface area (Å²) in [5.41, 5.74) is 1.24. The summed E-state index contributed by atoms with van der Waals surface area (Å²) in [5.74, 6) is 2.16. The molecule has 0 saturated carbocycles. The maximum Gasteiger partial charge on any atom is 0.191 e. The summed E-state index contributed by atoms with van der Waals surface area (Å²) in [7, 11) is 6.00. The van der Waals surface area contributed by atoms with E-state index in [0.717, 1.165) is 29.3 Å². The molecule has 1 aliphatic heterocycles. The van der Waals surface area contributed by atoms with E-state index in [1.807, 2.05) is 19.2 Å². The van der Waals surface area contributed by atoms with Crippen LogP contribution in [-0.2, 0) is 0 Å². The Hall–Kier alpha value is -0.180. The summed E-state index contributed by atoms with van der Waals surface area (Å²) in [5, 5.41) is 8.37. The highest BCUT2D eigenvalue weighted by molar-refractivity contribution is 14.0. The highest BCUT2D eigenvalue weighted by Gasteiger charge is 2.17. The number of guanidine groups is 1. The molecule has 0 spiro atoms. The Balaban J connectivity index is 0.00000288. The lowest BCUT2D eigenvalue weighted by molar-refractivity contribution is 0.298. The first kappa shape index (κ1) is 21.9. The molecule has 0 amide bonds. The van der Waals surface area contributed by atoms with E-state index in [-0.39, 0.29) is 30.0 Å². The Kier molecular flexibility index (Phi) is 10.4. The lowest BCUT2D eigenvalue weighted by atomic mass is 10.1. The third kappa shape index (κ3) is 6.98. The summed E-state index contributed by atoms with van der Waals surface area (Å²) in [6.45, 7) is 1.78. The van der Waals surface area contributed by atoms with Crippen LogP contribution in [0.2, 0.25) is 5.02 Å². The van der Waals surface area contributed by atoms with Gasteiger partial charge in [0.1, 0.15) is 0 Å². The lowest BCUT2D eigenvalue weighted by Gasteiger charge is -2.26. The number of rotatable bonds is 6. The van der Waals surface area contributed by atoms with Crippen molar-refractivity contribution < 1.29 is 0 Å². The molecule has 2 rings (SSSR count). The zero-order chi connectivity index (χ0) is 16.7. The molecule has 1 aliphatic rings. The molecule has 0 bridgehead atoms. The normalized spacial score (nSPS) is 19.0. The van der Waals surface area contributed by atoms with Gasteiger partial charge < -0.3 is 15.5 Å². The molecule has 1 saturated heterocycles. The third-order valence-corrected chi connectivity index (χ3v) is 5.74. The predicted octanol–water partition coefficient (Wildman–Crippen LogP) is 3.62. The smallest absolute Gasteiger partial charge is 0.191 e. The molecule has 1 aromatic rings. The van der Waals surface area contributed by atoms with E-state index in [9.17, 15) is 0 Å². The molecule has 0 aliphatic carbocycles. The molecular formula is C17H28ClIN4S. The van der Waals surface area contributed by atoms with Crippen LogP contribution in [0.1, 0.15) is 24.4 Å². The van der Waals surface area contributed by atoms with Crippen LogP contribution in [0.5, 0.6) is 0 Å². The van der Waals surface area contributed by atoms with E-state index in [1.165, 1.54) is 24.2 Å². The molecule has 1 fully saturated rings. The van der Waals surface area contributed by atoms with Gasteiger partial charge in [-0.2, -0.15) is 11.8 Å². The lowest BCUT2D eigenvalue weighted by Crippen LogP contribution is -2.43. The summed E-state index contributed by atoms with van der Waals surface area (Å²) < 4.78 is 0. The first-order valence-corrected chi connectivity index (χ1v) is 9.51. The number of thioether (sulfide) groups is 1. The quantitative estimate of drug-likeness (QED) is 0.369. The van der Waals surface area contributed by atoms with Crippen molar-refractivity contribution in [2.24, 2.45) is 4.99 Å². The minimum Gasteiger partial charge on any atom is -0.355 e. The van der Waals surface area contributed by atoms with Crippen molar-refractivity contribution in [2.75, 3.05) is 40.0 Å². The van der Waals surface area contributed by atoms with E-state index in [2.05, 4.69) is 58.5 Å². The maximum atomic E-state index is 5.99. The first-order valence-electron chi connectivity index (χ1n) is 8.08. The molecule has 136 valence electrons. The fraction of sp³-hybridized carbons (Fsp3) is 0.588. The van der Waals surface area contributed by atoms with E-state index in [1.54, 1.807) is 0 Å². The van der Waals surface area contributed by atoms with Crippen molar-refractivity contribution in [3.05, 3.63) is 34.9 Å². The number of hydrogen-bond acceptors (Lipinski definition) is 3. The van der Waals surface area contributed by atoms with Crippen LogP contribution in [0.15, 0.2) is 29.3 Å². The Morgan fingerprint density at radius 1 is 1.33 bits per heavy atom. The summed E-state index contributed by atoms with van der Waals surface area (Å²) in [4.78, 5) is 6.54. The summed E-state index contributed by atoms with van der Waals surface area (Å²) in [6.07, 6.45) is 2.64. The molecule has 0 aromatic heterocycles. The monoisotopic (exact) mass is 482 g/mol. The Bertz CT molecular complexity index is 504. The first-order chi connectivity index (χ1) is 11.1. The van der Waals surface area contributed by atoms with Gasteiger partial charge in [0.2, 0.25) is 0 Å². The van der Waals surface area contributed by atoms with Crippen molar-refractivity contribution in [3.8, 4) is 0 Å². The van der Waals surface area contributed by atoms with Crippen molar-refractivity contribution in [2.45, 2.75) is 24.1 Å². The van der Waals surface area contributed by atoms with E-state index in [0.29, 0.717) is 0 Å². The van der Waals surface area contributed by atoms with Gasteiger partial charge in [0, 0.05) is 30.4 Å². The zero-order valence-corrected chi connectivity index (χ0v) is 18.5. The van der Waals surface area contributed by atoms with Gasteiger partial charge in [-0.15, -0.1) is 24.0 Å². The number of hydrogen-bond donors (Lipinski definition) is 2. The number of halogens is 2. The fourth-order valence-electron chi connectivity index (χ4n) is 2.71. The Morgan fingerprint density at radius 3 is 2.58 bits per heavy atom. The second-order valence-corrected chi connectivity index (χ2v) is 7.84. The minimum absolute atomic E-state index is 0. The molecule has 4 nitrogen and oxygen atoms in total. The van der Waals surface area contributed by atoms with E-state index in [4.69, 9.17) is 11.6 Å². The molecule has 2 atom stereocenters. The SMILES string of the molecule is CN=C(NCC1CCCS1)NCC(c1ccc(Cl)cc1)N(C)C.I. The third-order valence-electron chi connectivity index (χ3n) is 4.09. The largest absolute Gasteiger partial charge is 0.355 e. The highest BCUT2D eigenvalue weighted by Crippen LogP contribution is 2.25. The molecule has 1 aromatic carbocycles. The van der Waals surface area contributed by atoms with Crippen LogP contribution >= 0.6 is 47.3 Å². The average Bonchev–Trinajstić information content (AvgIpc) is 3.05. The van der Waals surface area contributed by atoms with Crippen molar-refractivity contribution in [3.63, 3.8) is 0 Å². The second kappa shape index (κ2) is 11.4. The number of aliphatic imine (C=N–C) groups is 1. The average molecular weight is 483 g/mol. The van der Waals surface area contributed by atoms with Crippen LogP contribution in [0, 0.1) is 0 Å². The maximum absolute atomic E-state index is 5.99. The summed E-state index contributed by atoms with van der Waals surface area (Å²) in [6, 6.07) is 8.32. The Morgan fingerprint density at radius 2 is 2.04 bits per heavy atom. The van der Waals surface area contributed by atoms with Gasteiger partial charge in [0.25, 0.3) is 0 Å². The number of likely N-dealkylation sites (N-methyl/N-ethyl adjacent to an activating group) is 1. The molecule has 7 heteroatoms. The van der Waals surface area contributed by atoms with Crippen LogP contribution in [0.3, 0.4) is 0 Å². The molecule has 24 heavy (non-hydrogen) atoms. The standard InChI is InChI=1S/C17H27ClN4S.HI/c1-19-17(20-11-15-5-4-10-23-15)21-12-16(22(2)3)13-6-8-14(18)9-7-13;/h6-9,15-16H,4-5,10-12H2,1-3H3,(H2,19,20,21);1H. The molecule has 1 heterocycles. The molecule has 2 unspecified atom stereocenters. The molecular weight excluding hydrogens is 455 g/mol. The van der Waals surface area contributed by atoms with Crippen molar-refractivity contribution in [1.82, 2.24) is 15.5 Å². The van der Waals surface area contributed by atoms with Gasteiger partial charge in [-0.05, 0) is 50.4 Å². The van der Waals surface area contributed by atoms with Gasteiger partial charge in [0.05, 0.1) is 6.04 Å². The second-order valence-electron chi connectivity index (χ2n) is 6.00. The fourth-order valence-corrected chi connectivity index (χ4v) is 4.04. The molecule has 0 radical (unpaired) electrons. The van der Waals surface area contributed by atoms with Gasteiger partial charge in [-0.3, -0.25) is 4.99 Å². The van der Waals surface area contributed by atoms with Crippen molar-refractivity contribution in [1.29, 1.82) is 0 Å². The number of nitrogens with zero attached hydrogens (tertiary/aromatic N) is 2. The van der Waals surface area contributed by atoms with Gasteiger partial charge in [0.15, 0.2) is 5.96 Å². The molecule has 2 N–H and O–H groups in total. The topological polar surface area (TPSA) is 39.7 Å². The van der Waals surface area contributed by atoms with Crippen LogP contribution in [0.4, 0.5) is 0 Å². The van der Waals surface area contributed by atoms with Crippen LogP contribution in [-0.4, -0.2) is 56.1 Å². The number of benzene rings is 1. The minimum atomic E-state index is 0. The van der Waals surface area contributed by atoms with E-state index < -0.39 is 0 Å². The number of nitrogens with one attached hydrogen (secondary N) is 2. The Labute approximate surface area is 172 Å². The predicted molar refractivity (Wildman–Crippen MR) is 118 cm³/mol. The van der Waals surface area contributed by atoms with Gasteiger partial charge in [-0.1, -0.05) is 23.7 Å². The van der Waals surface area contributed by atoms with Crippen molar-refractivity contribution >= 4 is 53.3 Å². The summed E-state index contributed by atoms with van der Waals surface area (Å²) >= 11 is 8.05. The van der Waals surface area contributed by atoms with E-state index >= 15 is 0 Å². The van der Waals surface area contributed by atoms with Gasteiger partial charge >= 0.3 is 0 Å². The van der Waals surface area contributed by atoms with Crippen LogP contribution < -0.4 is 10.6 Å². The van der Waals surface area contributed by atoms with Crippen LogP contribution in [0.25, 0.3) is 0 Å². The zero-order valence-electron chi connectivity index (χ0n) is 14.6. The highest BCUT2D eigenvalue weighted by atomic mass is 127. The van der Waals surface area contributed by atoms with Gasteiger partial charge in [-0.25, -0.2) is 0 Å².